The molecule has 1 aliphatic rings. The number of nitro benzene ring substituents is 1. The Labute approximate surface area is 213 Å². The van der Waals surface area contributed by atoms with Gasteiger partial charge in [-0.15, -0.1) is 0 Å². The third-order valence-corrected chi connectivity index (χ3v) is 7.46. The van der Waals surface area contributed by atoms with Crippen LogP contribution < -0.4 is 10.6 Å². The van der Waals surface area contributed by atoms with Gasteiger partial charge < -0.3 is 15.2 Å². The summed E-state index contributed by atoms with van der Waals surface area (Å²) in [7, 11) is 0. The first-order chi connectivity index (χ1) is 17.4. The number of rotatable bonds is 7. The number of thioether (sulfide) groups is 1. The molecule has 182 valence electrons. The Kier molecular flexibility index (Phi) is 6.52. The van der Waals surface area contributed by atoms with E-state index in [0.717, 1.165) is 39.8 Å². The Morgan fingerprint density at radius 2 is 1.75 bits per heavy atom. The number of nitrogens with zero attached hydrogens (tertiary/aromatic N) is 2. The molecule has 2 heterocycles. The standard InChI is InChI=1S/C28H26N4O3S/c1-3-19-8-12-21(13-9-19)29-28-30-27(33)26(36-28)16-24-18(2)31(25-7-5-4-6-23(24)25)17-20-10-14-22(15-11-20)32(34)35/h4-16,28-29H,3,17H2,1-2H3,(H,30,33)/b26-16-/t28-/m1/s1. The molecule has 1 aromatic heterocycles. The van der Waals surface area contributed by atoms with Crippen LogP contribution in [0.3, 0.4) is 0 Å². The SMILES string of the molecule is CCc1ccc(N[C@@H]2NC(=O)/C(=C/c3c(C)n(Cc4ccc([N+](=O)[O-])cc4)c4ccccc34)S2)cc1. The molecular weight excluding hydrogens is 472 g/mol. The number of anilines is 1. The molecule has 0 unspecified atom stereocenters. The number of nitro groups is 1. The van der Waals surface area contributed by atoms with Gasteiger partial charge in [0, 0.05) is 46.5 Å². The number of aryl methyl sites for hydroxylation is 1. The molecule has 8 heteroatoms. The van der Waals surface area contributed by atoms with E-state index in [9.17, 15) is 14.9 Å². The van der Waals surface area contributed by atoms with Crippen LogP contribution in [0.1, 0.15) is 29.3 Å². The number of para-hydroxylation sites is 1. The normalized spacial score (nSPS) is 16.4. The third kappa shape index (κ3) is 4.72. The minimum Gasteiger partial charge on any atom is -0.357 e. The zero-order valence-corrected chi connectivity index (χ0v) is 20.8. The minimum atomic E-state index is -0.392. The van der Waals surface area contributed by atoms with Crippen LogP contribution in [-0.2, 0) is 17.8 Å². The maximum absolute atomic E-state index is 12.8. The van der Waals surface area contributed by atoms with Crippen molar-refractivity contribution < 1.29 is 9.72 Å². The van der Waals surface area contributed by atoms with Crippen molar-refractivity contribution in [3.8, 4) is 0 Å². The molecule has 0 bridgehead atoms. The molecule has 1 aliphatic heterocycles. The molecule has 36 heavy (non-hydrogen) atoms. The summed E-state index contributed by atoms with van der Waals surface area (Å²) in [5.74, 6) is -0.103. The number of hydrogen-bond acceptors (Lipinski definition) is 5. The fourth-order valence-electron chi connectivity index (χ4n) is 4.43. The number of non-ortho nitro benzene ring substituents is 1. The predicted octanol–water partition coefficient (Wildman–Crippen LogP) is 6.07. The van der Waals surface area contributed by atoms with E-state index in [1.165, 1.54) is 29.5 Å². The highest BCUT2D eigenvalue weighted by atomic mass is 32.2. The molecule has 1 saturated heterocycles. The van der Waals surface area contributed by atoms with E-state index in [1.54, 1.807) is 12.1 Å². The summed E-state index contributed by atoms with van der Waals surface area (Å²) in [5.41, 5.74) is 6.10. The maximum atomic E-state index is 12.8. The quantitative estimate of drug-likeness (QED) is 0.183. The number of fused-ring (bicyclic) bond motifs is 1. The van der Waals surface area contributed by atoms with E-state index >= 15 is 0 Å². The number of carbonyl (C=O) groups is 1. The smallest absolute Gasteiger partial charge is 0.269 e. The second-order valence-electron chi connectivity index (χ2n) is 8.70. The molecule has 3 aromatic carbocycles. The van der Waals surface area contributed by atoms with Crippen molar-refractivity contribution in [2.24, 2.45) is 0 Å². The Balaban J connectivity index is 1.42. The number of nitrogens with one attached hydrogen (secondary N) is 2. The van der Waals surface area contributed by atoms with Gasteiger partial charge in [0.05, 0.1) is 9.83 Å². The molecule has 4 aromatic rings. The average Bonchev–Trinajstić information content (AvgIpc) is 3.36. The van der Waals surface area contributed by atoms with Crippen LogP contribution in [0, 0.1) is 17.0 Å². The average molecular weight is 499 g/mol. The Bertz CT molecular complexity index is 1470. The number of benzene rings is 3. The van der Waals surface area contributed by atoms with Crippen LogP contribution in [-0.4, -0.2) is 20.9 Å². The first kappa shape index (κ1) is 23.7. The van der Waals surface area contributed by atoms with Gasteiger partial charge in [0.15, 0.2) is 5.50 Å². The van der Waals surface area contributed by atoms with Gasteiger partial charge in [0.1, 0.15) is 0 Å². The Hall–Kier alpha value is -4.04. The van der Waals surface area contributed by atoms with Gasteiger partial charge in [-0.25, -0.2) is 0 Å². The largest absolute Gasteiger partial charge is 0.357 e. The molecule has 0 radical (unpaired) electrons. The summed E-state index contributed by atoms with van der Waals surface area (Å²) >= 11 is 1.47. The molecule has 2 N–H and O–H groups in total. The monoisotopic (exact) mass is 498 g/mol. The van der Waals surface area contributed by atoms with Crippen LogP contribution in [0.5, 0.6) is 0 Å². The molecular formula is C28H26N4O3S. The molecule has 7 nitrogen and oxygen atoms in total. The lowest BCUT2D eigenvalue weighted by molar-refractivity contribution is -0.384. The topological polar surface area (TPSA) is 89.2 Å². The zero-order valence-electron chi connectivity index (χ0n) is 20.0. The van der Waals surface area contributed by atoms with E-state index in [2.05, 4.69) is 46.4 Å². The predicted molar refractivity (Wildman–Crippen MR) is 146 cm³/mol. The van der Waals surface area contributed by atoms with Gasteiger partial charge >= 0.3 is 0 Å². The lowest BCUT2D eigenvalue weighted by Crippen LogP contribution is -2.30. The highest BCUT2D eigenvalue weighted by Gasteiger charge is 2.28. The van der Waals surface area contributed by atoms with Crippen molar-refractivity contribution in [3.63, 3.8) is 0 Å². The van der Waals surface area contributed by atoms with Crippen molar-refractivity contribution in [2.45, 2.75) is 32.3 Å². The van der Waals surface area contributed by atoms with Crippen LogP contribution >= 0.6 is 11.8 Å². The van der Waals surface area contributed by atoms with Crippen LogP contribution in [0.2, 0.25) is 0 Å². The maximum Gasteiger partial charge on any atom is 0.269 e. The molecule has 0 aliphatic carbocycles. The van der Waals surface area contributed by atoms with E-state index in [-0.39, 0.29) is 17.1 Å². The lowest BCUT2D eigenvalue weighted by Gasteiger charge is -2.12. The molecule has 5 rings (SSSR count). The van der Waals surface area contributed by atoms with Crippen LogP contribution in [0.4, 0.5) is 11.4 Å². The van der Waals surface area contributed by atoms with Crippen molar-refractivity contribution in [1.29, 1.82) is 0 Å². The molecule has 1 fully saturated rings. The highest BCUT2D eigenvalue weighted by molar-refractivity contribution is 8.05. The summed E-state index contributed by atoms with van der Waals surface area (Å²) in [5, 5.41) is 18.5. The van der Waals surface area contributed by atoms with Gasteiger partial charge in [0.25, 0.3) is 11.6 Å². The van der Waals surface area contributed by atoms with E-state index in [0.29, 0.717) is 11.4 Å². The van der Waals surface area contributed by atoms with Crippen LogP contribution in [0.15, 0.2) is 77.7 Å². The summed E-state index contributed by atoms with van der Waals surface area (Å²) in [6, 6.07) is 23.0. The number of aromatic nitrogens is 1. The van der Waals surface area contributed by atoms with Crippen LogP contribution in [0.25, 0.3) is 17.0 Å². The first-order valence-corrected chi connectivity index (χ1v) is 12.7. The number of carbonyl (C=O) groups excluding carboxylic acids is 1. The lowest BCUT2D eigenvalue weighted by atomic mass is 10.1. The van der Waals surface area contributed by atoms with Crippen molar-refractivity contribution in [2.75, 3.05) is 5.32 Å². The van der Waals surface area contributed by atoms with E-state index in [4.69, 9.17) is 0 Å². The number of hydrogen-bond donors (Lipinski definition) is 2. The summed E-state index contributed by atoms with van der Waals surface area (Å²) in [4.78, 5) is 24.1. The molecule has 0 spiro atoms. The fourth-order valence-corrected chi connectivity index (χ4v) is 5.40. The second kappa shape index (κ2) is 9.91. The second-order valence-corrected chi connectivity index (χ2v) is 9.85. The van der Waals surface area contributed by atoms with Crippen molar-refractivity contribution >= 4 is 46.0 Å². The van der Waals surface area contributed by atoms with E-state index in [1.807, 2.05) is 37.3 Å². The van der Waals surface area contributed by atoms with E-state index < -0.39 is 4.92 Å². The fraction of sp³-hybridized carbons (Fsp3) is 0.179. The van der Waals surface area contributed by atoms with Crippen molar-refractivity contribution in [1.82, 2.24) is 9.88 Å². The van der Waals surface area contributed by atoms with Gasteiger partial charge in [0.2, 0.25) is 0 Å². The van der Waals surface area contributed by atoms with Gasteiger partial charge in [-0.2, -0.15) is 0 Å². The zero-order chi connectivity index (χ0) is 25.2. The highest BCUT2D eigenvalue weighted by Crippen LogP contribution is 2.34. The Morgan fingerprint density at radius 1 is 1.06 bits per heavy atom. The number of amides is 1. The minimum absolute atomic E-state index is 0.0759. The van der Waals surface area contributed by atoms with Crippen molar-refractivity contribution in [3.05, 3.63) is 110 Å². The first-order valence-electron chi connectivity index (χ1n) is 11.8. The molecule has 1 atom stereocenters. The van der Waals surface area contributed by atoms with Gasteiger partial charge in [-0.1, -0.05) is 61.2 Å². The summed E-state index contributed by atoms with van der Waals surface area (Å²) in [6.07, 6.45) is 2.95. The molecule has 1 amide bonds. The van der Waals surface area contributed by atoms with Gasteiger partial charge in [-0.05, 0) is 48.7 Å². The summed E-state index contributed by atoms with van der Waals surface area (Å²) in [6.45, 7) is 4.74. The van der Waals surface area contributed by atoms with Gasteiger partial charge in [-0.3, -0.25) is 14.9 Å². The summed E-state index contributed by atoms with van der Waals surface area (Å²) < 4.78 is 2.19. The Morgan fingerprint density at radius 3 is 2.44 bits per heavy atom. The molecule has 0 saturated carbocycles. The third-order valence-electron chi connectivity index (χ3n) is 6.43.